The average molecular weight is 379 g/mol. The molecule has 0 atom stereocenters. The Morgan fingerprint density at radius 3 is 2.44 bits per heavy atom. The number of ether oxygens (including phenoxy) is 1. The molecule has 0 aliphatic rings. The van der Waals surface area contributed by atoms with Crippen LogP contribution in [0.5, 0.6) is 5.75 Å². The lowest BCUT2D eigenvalue weighted by atomic mass is 10.2. The molecule has 140 valence electrons. The second-order valence-corrected chi connectivity index (χ2v) is 5.53. The molecule has 0 saturated heterocycles. The SMILES string of the molecule is Cc1c(C(=O)Nc2ccccc2OC(F)(F)F)cnn1-c1ccc(F)cc1. The summed E-state index contributed by atoms with van der Waals surface area (Å²) in [5, 5.41) is 6.47. The fraction of sp³-hybridized carbons (Fsp3) is 0.111. The third-order valence-corrected chi connectivity index (χ3v) is 3.69. The van der Waals surface area contributed by atoms with Gasteiger partial charge in [-0.1, -0.05) is 12.1 Å². The number of nitrogens with zero attached hydrogens (tertiary/aromatic N) is 2. The van der Waals surface area contributed by atoms with Crippen LogP contribution in [0.4, 0.5) is 23.2 Å². The number of anilines is 1. The summed E-state index contributed by atoms with van der Waals surface area (Å²) >= 11 is 0. The Morgan fingerprint density at radius 2 is 1.78 bits per heavy atom. The fourth-order valence-electron chi connectivity index (χ4n) is 2.45. The molecule has 3 aromatic rings. The number of carbonyl (C=O) groups is 1. The fourth-order valence-corrected chi connectivity index (χ4v) is 2.45. The van der Waals surface area contributed by atoms with E-state index < -0.39 is 23.8 Å². The predicted octanol–water partition coefficient (Wildman–Crippen LogP) is 4.47. The van der Waals surface area contributed by atoms with Gasteiger partial charge in [0, 0.05) is 0 Å². The molecule has 0 radical (unpaired) electrons. The lowest BCUT2D eigenvalue weighted by molar-refractivity contribution is -0.274. The molecule has 9 heteroatoms. The first-order valence-corrected chi connectivity index (χ1v) is 7.71. The lowest BCUT2D eigenvalue weighted by Crippen LogP contribution is -2.19. The van der Waals surface area contributed by atoms with Crippen molar-refractivity contribution in [2.75, 3.05) is 5.32 Å². The molecular formula is C18H13F4N3O2. The van der Waals surface area contributed by atoms with E-state index >= 15 is 0 Å². The Kier molecular flexibility index (Phi) is 4.85. The first kappa shape index (κ1) is 18.4. The zero-order valence-electron chi connectivity index (χ0n) is 13.9. The van der Waals surface area contributed by atoms with Gasteiger partial charge in [0.1, 0.15) is 5.82 Å². The maximum absolute atomic E-state index is 13.0. The van der Waals surface area contributed by atoms with Gasteiger partial charge in [-0.15, -0.1) is 13.2 Å². The van der Waals surface area contributed by atoms with Crippen LogP contribution in [0.15, 0.2) is 54.7 Å². The van der Waals surface area contributed by atoms with Crippen molar-refractivity contribution < 1.29 is 27.1 Å². The van der Waals surface area contributed by atoms with Crippen LogP contribution in [0.3, 0.4) is 0 Å². The van der Waals surface area contributed by atoms with Crippen molar-refractivity contribution in [1.29, 1.82) is 0 Å². The molecule has 0 aliphatic heterocycles. The molecule has 0 saturated carbocycles. The standard InChI is InChI=1S/C18H13F4N3O2/c1-11-14(10-23-25(11)13-8-6-12(19)7-9-13)17(26)24-15-4-2-3-5-16(15)27-18(20,21)22/h2-10H,1H3,(H,24,26). The van der Waals surface area contributed by atoms with Gasteiger partial charge >= 0.3 is 6.36 Å². The van der Waals surface area contributed by atoms with Gasteiger partial charge in [0.05, 0.1) is 28.8 Å². The molecule has 0 aliphatic carbocycles. The van der Waals surface area contributed by atoms with Crippen molar-refractivity contribution in [2.45, 2.75) is 13.3 Å². The number of carbonyl (C=O) groups excluding carboxylic acids is 1. The van der Waals surface area contributed by atoms with Gasteiger partial charge in [-0.3, -0.25) is 4.79 Å². The first-order chi connectivity index (χ1) is 12.7. The number of hydrogen-bond acceptors (Lipinski definition) is 3. The van der Waals surface area contributed by atoms with E-state index in [0.29, 0.717) is 11.4 Å². The zero-order valence-corrected chi connectivity index (χ0v) is 13.9. The van der Waals surface area contributed by atoms with Crippen molar-refractivity contribution in [3.63, 3.8) is 0 Å². The number of rotatable bonds is 4. The van der Waals surface area contributed by atoms with Crippen LogP contribution in [0.25, 0.3) is 5.69 Å². The molecule has 0 bridgehead atoms. The second-order valence-electron chi connectivity index (χ2n) is 5.53. The number of alkyl halides is 3. The molecule has 5 nitrogen and oxygen atoms in total. The van der Waals surface area contributed by atoms with Crippen LogP contribution in [-0.4, -0.2) is 22.1 Å². The van der Waals surface area contributed by atoms with Crippen LogP contribution in [0.1, 0.15) is 16.1 Å². The van der Waals surface area contributed by atoms with E-state index in [1.165, 1.54) is 53.3 Å². The molecule has 0 fully saturated rings. The molecule has 1 heterocycles. The van der Waals surface area contributed by atoms with E-state index in [2.05, 4.69) is 15.2 Å². The highest BCUT2D eigenvalue weighted by atomic mass is 19.4. The van der Waals surface area contributed by atoms with Gasteiger partial charge in [0.2, 0.25) is 0 Å². The molecular weight excluding hydrogens is 366 g/mol. The Morgan fingerprint density at radius 1 is 1.11 bits per heavy atom. The molecule has 1 N–H and O–H groups in total. The minimum absolute atomic E-state index is 0.131. The van der Waals surface area contributed by atoms with Gasteiger partial charge in [0.15, 0.2) is 5.75 Å². The van der Waals surface area contributed by atoms with E-state index in [0.717, 1.165) is 6.07 Å². The number of nitrogens with one attached hydrogen (secondary N) is 1. The van der Waals surface area contributed by atoms with Gasteiger partial charge in [-0.05, 0) is 43.3 Å². The van der Waals surface area contributed by atoms with Gasteiger partial charge in [-0.25, -0.2) is 9.07 Å². The van der Waals surface area contributed by atoms with Crippen molar-refractivity contribution in [1.82, 2.24) is 9.78 Å². The number of amides is 1. The number of para-hydroxylation sites is 2. The number of hydrogen-bond donors (Lipinski definition) is 1. The third kappa shape index (κ3) is 4.25. The smallest absolute Gasteiger partial charge is 0.404 e. The largest absolute Gasteiger partial charge is 0.573 e. The minimum atomic E-state index is -4.88. The summed E-state index contributed by atoms with van der Waals surface area (Å²) in [5.74, 6) is -1.59. The van der Waals surface area contributed by atoms with Crippen molar-refractivity contribution in [3.05, 3.63) is 71.8 Å². The molecule has 1 aromatic heterocycles. The number of benzene rings is 2. The maximum atomic E-state index is 13.0. The monoisotopic (exact) mass is 379 g/mol. The summed E-state index contributed by atoms with van der Waals surface area (Å²) in [6, 6.07) is 10.7. The summed E-state index contributed by atoms with van der Waals surface area (Å²) in [6.07, 6.45) is -3.61. The maximum Gasteiger partial charge on any atom is 0.573 e. The molecule has 3 rings (SSSR count). The van der Waals surface area contributed by atoms with E-state index in [9.17, 15) is 22.4 Å². The Hall–Kier alpha value is -3.36. The Balaban J connectivity index is 1.85. The predicted molar refractivity (Wildman–Crippen MR) is 89.3 cm³/mol. The minimum Gasteiger partial charge on any atom is -0.404 e. The first-order valence-electron chi connectivity index (χ1n) is 7.71. The molecule has 2 aromatic carbocycles. The normalized spacial score (nSPS) is 11.3. The second kappa shape index (κ2) is 7.10. The highest BCUT2D eigenvalue weighted by Crippen LogP contribution is 2.30. The van der Waals surface area contributed by atoms with Gasteiger partial charge in [0.25, 0.3) is 5.91 Å². The quantitative estimate of drug-likeness (QED) is 0.681. The average Bonchev–Trinajstić information content (AvgIpc) is 2.98. The lowest BCUT2D eigenvalue weighted by Gasteiger charge is -2.13. The summed E-state index contributed by atoms with van der Waals surface area (Å²) in [6.45, 7) is 1.61. The molecule has 1 amide bonds. The van der Waals surface area contributed by atoms with Crippen molar-refractivity contribution >= 4 is 11.6 Å². The Bertz CT molecular complexity index is 965. The molecule has 0 spiro atoms. The summed E-state index contributed by atoms with van der Waals surface area (Å²) in [5.41, 5.74) is 0.997. The van der Waals surface area contributed by atoms with Crippen LogP contribution in [0.2, 0.25) is 0 Å². The number of halogens is 4. The highest BCUT2D eigenvalue weighted by molar-refractivity contribution is 6.05. The van der Waals surface area contributed by atoms with Crippen LogP contribution < -0.4 is 10.1 Å². The van der Waals surface area contributed by atoms with Crippen LogP contribution in [-0.2, 0) is 0 Å². The Labute approximate surface area is 151 Å². The summed E-state index contributed by atoms with van der Waals surface area (Å²) in [4.78, 5) is 12.5. The van der Waals surface area contributed by atoms with Crippen LogP contribution in [0, 0.1) is 12.7 Å². The topological polar surface area (TPSA) is 56.1 Å². The molecule has 27 heavy (non-hydrogen) atoms. The summed E-state index contributed by atoms with van der Waals surface area (Å²) in [7, 11) is 0. The van der Waals surface area contributed by atoms with Crippen molar-refractivity contribution in [2.24, 2.45) is 0 Å². The van der Waals surface area contributed by atoms with E-state index in [1.807, 2.05) is 0 Å². The number of aromatic nitrogens is 2. The van der Waals surface area contributed by atoms with Gasteiger partial charge < -0.3 is 10.1 Å². The van der Waals surface area contributed by atoms with E-state index in [-0.39, 0.29) is 11.3 Å². The molecule has 0 unspecified atom stereocenters. The van der Waals surface area contributed by atoms with Gasteiger partial charge in [-0.2, -0.15) is 5.10 Å². The van der Waals surface area contributed by atoms with E-state index in [1.54, 1.807) is 6.92 Å². The summed E-state index contributed by atoms with van der Waals surface area (Å²) < 4.78 is 55.9. The van der Waals surface area contributed by atoms with Crippen LogP contribution >= 0.6 is 0 Å². The third-order valence-electron chi connectivity index (χ3n) is 3.69. The zero-order chi connectivity index (χ0) is 19.6. The highest BCUT2D eigenvalue weighted by Gasteiger charge is 2.32. The van der Waals surface area contributed by atoms with E-state index in [4.69, 9.17) is 0 Å². The van der Waals surface area contributed by atoms with Crippen molar-refractivity contribution in [3.8, 4) is 11.4 Å².